The molecular formula is C9H19NO4S. The zero-order chi connectivity index (χ0) is 12.1. The van der Waals surface area contributed by atoms with Gasteiger partial charge in [0, 0.05) is 12.8 Å². The Hall–Kier alpha value is -0.620. The molecule has 0 aliphatic carbocycles. The number of sulfone groups is 1. The number of aliphatic hydroxyl groups is 1. The monoisotopic (exact) mass is 237 g/mol. The number of rotatable bonds is 6. The first-order valence-electron chi connectivity index (χ1n) is 4.89. The molecule has 2 atom stereocenters. The maximum Gasteiger partial charge on any atom is 0.238 e. The molecule has 90 valence electrons. The molecule has 0 spiro atoms. The molecule has 0 aromatic rings. The van der Waals surface area contributed by atoms with Gasteiger partial charge in [-0.05, 0) is 26.7 Å². The van der Waals surface area contributed by atoms with Crippen molar-refractivity contribution in [2.45, 2.75) is 38.0 Å². The second kappa shape index (κ2) is 6.07. The molecule has 0 aliphatic heterocycles. The Morgan fingerprint density at radius 1 is 1.40 bits per heavy atom. The van der Waals surface area contributed by atoms with Crippen LogP contribution in [0.25, 0.3) is 0 Å². The van der Waals surface area contributed by atoms with Crippen LogP contribution in [0.3, 0.4) is 0 Å². The van der Waals surface area contributed by atoms with E-state index in [0.717, 1.165) is 6.26 Å². The van der Waals surface area contributed by atoms with E-state index in [-0.39, 0.29) is 0 Å². The van der Waals surface area contributed by atoms with Gasteiger partial charge < -0.3 is 10.4 Å². The molecule has 0 aromatic heterocycles. The lowest BCUT2D eigenvalue weighted by atomic mass is 10.2. The van der Waals surface area contributed by atoms with E-state index < -0.39 is 27.1 Å². The smallest absolute Gasteiger partial charge is 0.238 e. The summed E-state index contributed by atoms with van der Waals surface area (Å²) >= 11 is 0. The predicted octanol–water partition coefficient (Wildman–Crippen LogP) is -0.303. The van der Waals surface area contributed by atoms with Gasteiger partial charge in [-0.15, -0.1) is 0 Å². The molecule has 0 aliphatic rings. The summed E-state index contributed by atoms with van der Waals surface area (Å²) in [5, 5.41) is 10.5. The van der Waals surface area contributed by atoms with Crippen LogP contribution in [0.1, 0.15) is 26.7 Å². The second-order valence-electron chi connectivity index (χ2n) is 3.75. The first-order chi connectivity index (χ1) is 6.75. The third-order valence-electron chi connectivity index (χ3n) is 2.11. The summed E-state index contributed by atoms with van der Waals surface area (Å²) in [5.74, 6) is -0.483. The van der Waals surface area contributed by atoms with E-state index in [2.05, 4.69) is 5.32 Å². The van der Waals surface area contributed by atoms with Crippen LogP contribution in [0, 0.1) is 0 Å². The minimum Gasteiger partial charge on any atom is -0.393 e. The van der Waals surface area contributed by atoms with Gasteiger partial charge in [0.15, 0.2) is 9.84 Å². The maximum absolute atomic E-state index is 11.3. The van der Waals surface area contributed by atoms with Crippen molar-refractivity contribution in [2.24, 2.45) is 0 Å². The average molecular weight is 237 g/mol. The van der Waals surface area contributed by atoms with E-state index in [1.807, 2.05) is 0 Å². The SMILES string of the molecule is CC(O)CCCNC(=O)C(C)S(C)(=O)=O. The number of carbonyl (C=O) groups excluding carboxylic acids is 1. The van der Waals surface area contributed by atoms with E-state index in [9.17, 15) is 13.2 Å². The lowest BCUT2D eigenvalue weighted by Gasteiger charge is -2.10. The van der Waals surface area contributed by atoms with Crippen LogP contribution in [0.5, 0.6) is 0 Å². The van der Waals surface area contributed by atoms with Gasteiger partial charge in [0.2, 0.25) is 5.91 Å². The maximum atomic E-state index is 11.3. The van der Waals surface area contributed by atoms with Crippen molar-refractivity contribution in [3.05, 3.63) is 0 Å². The van der Waals surface area contributed by atoms with Gasteiger partial charge in [0.25, 0.3) is 0 Å². The molecule has 0 heterocycles. The molecule has 0 fully saturated rings. The average Bonchev–Trinajstić information content (AvgIpc) is 2.09. The molecule has 0 bridgehead atoms. The van der Waals surface area contributed by atoms with Gasteiger partial charge in [-0.1, -0.05) is 0 Å². The Bertz CT molecular complexity index is 297. The van der Waals surface area contributed by atoms with Crippen molar-refractivity contribution >= 4 is 15.7 Å². The molecule has 0 aromatic carbocycles. The summed E-state index contributed by atoms with van der Waals surface area (Å²) in [5.41, 5.74) is 0. The fraction of sp³-hybridized carbons (Fsp3) is 0.889. The van der Waals surface area contributed by atoms with E-state index in [1.54, 1.807) is 6.92 Å². The quantitative estimate of drug-likeness (QED) is 0.621. The van der Waals surface area contributed by atoms with Gasteiger partial charge >= 0.3 is 0 Å². The van der Waals surface area contributed by atoms with Gasteiger partial charge in [-0.3, -0.25) is 4.79 Å². The molecule has 0 saturated heterocycles. The minimum absolute atomic E-state index is 0.392. The Morgan fingerprint density at radius 3 is 2.33 bits per heavy atom. The summed E-state index contributed by atoms with van der Waals surface area (Å²) in [6.07, 6.45) is 1.87. The molecule has 5 nitrogen and oxygen atoms in total. The van der Waals surface area contributed by atoms with Crippen molar-refractivity contribution in [3.63, 3.8) is 0 Å². The van der Waals surface area contributed by atoms with Crippen LogP contribution < -0.4 is 5.32 Å². The topological polar surface area (TPSA) is 83.5 Å². The summed E-state index contributed by atoms with van der Waals surface area (Å²) in [6, 6.07) is 0. The van der Waals surface area contributed by atoms with Gasteiger partial charge in [0.05, 0.1) is 6.10 Å². The highest BCUT2D eigenvalue weighted by atomic mass is 32.2. The normalized spacial score (nSPS) is 15.7. The molecule has 2 unspecified atom stereocenters. The second-order valence-corrected chi connectivity index (χ2v) is 6.12. The highest BCUT2D eigenvalue weighted by Gasteiger charge is 2.22. The van der Waals surface area contributed by atoms with E-state index >= 15 is 0 Å². The van der Waals surface area contributed by atoms with Gasteiger partial charge in [0.1, 0.15) is 5.25 Å². The van der Waals surface area contributed by atoms with Crippen molar-refractivity contribution in [2.75, 3.05) is 12.8 Å². The largest absolute Gasteiger partial charge is 0.393 e. The standard InChI is InChI=1S/C9H19NO4S/c1-7(11)5-4-6-10-9(12)8(2)15(3,13)14/h7-8,11H,4-6H2,1-3H3,(H,10,12). The fourth-order valence-corrected chi connectivity index (χ4v) is 1.42. The number of aliphatic hydroxyl groups excluding tert-OH is 1. The lowest BCUT2D eigenvalue weighted by molar-refractivity contribution is -0.120. The van der Waals surface area contributed by atoms with Crippen molar-refractivity contribution < 1.29 is 18.3 Å². The highest BCUT2D eigenvalue weighted by molar-refractivity contribution is 7.92. The fourth-order valence-electron chi connectivity index (χ4n) is 0.947. The Balaban J connectivity index is 3.86. The highest BCUT2D eigenvalue weighted by Crippen LogP contribution is 1.98. The van der Waals surface area contributed by atoms with Crippen molar-refractivity contribution in [1.82, 2.24) is 5.32 Å². The number of hydrogen-bond acceptors (Lipinski definition) is 4. The van der Waals surface area contributed by atoms with Crippen LogP contribution in [0.2, 0.25) is 0 Å². The third-order valence-corrected chi connectivity index (χ3v) is 3.61. The predicted molar refractivity (Wildman–Crippen MR) is 58.2 cm³/mol. The zero-order valence-corrected chi connectivity index (χ0v) is 10.2. The Labute approximate surface area is 90.8 Å². The van der Waals surface area contributed by atoms with Crippen LogP contribution in [0.15, 0.2) is 0 Å². The van der Waals surface area contributed by atoms with Crippen LogP contribution in [-0.2, 0) is 14.6 Å². The number of carbonyl (C=O) groups is 1. The van der Waals surface area contributed by atoms with Crippen molar-refractivity contribution in [1.29, 1.82) is 0 Å². The van der Waals surface area contributed by atoms with E-state index in [0.29, 0.717) is 19.4 Å². The van der Waals surface area contributed by atoms with E-state index in [1.165, 1.54) is 6.92 Å². The number of amides is 1. The van der Waals surface area contributed by atoms with E-state index in [4.69, 9.17) is 5.11 Å². The number of hydrogen-bond donors (Lipinski definition) is 2. The van der Waals surface area contributed by atoms with Gasteiger partial charge in [-0.25, -0.2) is 8.42 Å². The summed E-state index contributed by atoms with van der Waals surface area (Å²) < 4.78 is 22.0. The summed E-state index contributed by atoms with van der Waals surface area (Å²) in [4.78, 5) is 11.3. The van der Waals surface area contributed by atoms with Crippen LogP contribution >= 0.6 is 0 Å². The third kappa shape index (κ3) is 6.46. The van der Waals surface area contributed by atoms with Crippen molar-refractivity contribution in [3.8, 4) is 0 Å². The molecule has 0 saturated carbocycles. The molecule has 6 heteroatoms. The Morgan fingerprint density at radius 2 is 1.93 bits per heavy atom. The molecule has 2 N–H and O–H groups in total. The van der Waals surface area contributed by atoms with Gasteiger partial charge in [-0.2, -0.15) is 0 Å². The molecule has 15 heavy (non-hydrogen) atoms. The van der Waals surface area contributed by atoms with Crippen LogP contribution in [-0.4, -0.2) is 43.6 Å². The summed E-state index contributed by atoms with van der Waals surface area (Å²) in [7, 11) is -3.32. The molecule has 0 radical (unpaired) electrons. The summed E-state index contributed by atoms with van der Waals surface area (Å²) in [6.45, 7) is 3.42. The first kappa shape index (κ1) is 14.4. The molecule has 0 rings (SSSR count). The minimum atomic E-state index is -3.32. The number of nitrogens with one attached hydrogen (secondary N) is 1. The lowest BCUT2D eigenvalue weighted by Crippen LogP contribution is -2.37. The molecule has 1 amide bonds. The zero-order valence-electron chi connectivity index (χ0n) is 9.36. The first-order valence-corrected chi connectivity index (χ1v) is 6.85. The van der Waals surface area contributed by atoms with Crippen LogP contribution in [0.4, 0.5) is 0 Å². The molecular weight excluding hydrogens is 218 g/mol. The Kier molecular flexibility index (Phi) is 5.82.